The Kier molecular flexibility index (Phi) is 4.26. The van der Waals surface area contributed by atoms with Crippen LogP contribution in [0, 0.1) is 0 Å². The van der Waals surface area contributed by atoms with Gasteiger partial charge in [0.2, 0.25) is 5.91 Å². The Balaban J connectivity index is 2.32. The predicted molar refractivity (Wildman–Crippen MR) is 58.4 cm³/mol. The summed E-state index contributed by atoms with van der Waals surface area (Å²) in [6.45, 7) is 0.828. The molecule has 0 aliphatic rings. The Labute approximate surface area is 91.9 Å². The van der Waals surface area contributed by atoms with Gasteiger partial charge in [-0.2, -0.15) is 11.3 Å². The molecule has 0 saturated heterocycles. The Hall–Kier alpha value is -1.40. The van der Waals surface area contributed by atoms with Gasteiger partial charge in [0, 0.05) is 6.54 Å². The molecule has 1 rings (SSSR count). The predicted octanol–water partition coefficient (Wildman–Crippen LogP) is 0.375. The summed E-state index contributed by atoms with van der Waals surface area (Å²) in [5, 5.41) is 6.01. The van der Waals surface area contributed by atoms with Crippen molar-refractivity contribution < 1.29 is 9.59 Å². The first-order chi connectivity index (χ1) is 7.08. The number of likely N-dealkylation sites (N-methyl/N-ethyl adjacent to an activating group) is 1. The molecule has 1 aromatic heterocycles. The highest BCUT2D eigenvalue weighted by atomic mass is 32.1. The van der Waals surface area contributed by atoms with Gasteiger partial charge in [-0.15, -0.1) is 0 Å². The third kappa shape index (κ3) is 4.57. The zero-order valence-corrected chi connectivity index (χ0v) is 9.21. The normalized spacial score (nSPS) is 10.3. The number of carbonyl (C=O) groups excluding carboxylic acids is 2. The largest absolute Gasteiger partial charge is 0.351 e. The van der Waals surface area contributed by atoms with Gasteiger partial charge >= 0.3 is 6.03 Å². The van der Waals surface area contributed by atoms with E-state index < -0.39 is 6.03 Å². The molecule has 5 nitrogen and oxygen atoms in total. The second-order valence-corrected chi connectivity index (χ2v) is 4.00. The summed E-state index contributed by atoms with van der Waals surface area (Å²) in [5.41, 5.74) is 5.96. The molecule has 15 heavy (non-hydrogen) atoms. The minimum atomic E-state index is -0.816. The number of hydrogen-bond acceptors (Lipinski definition) is 4. The van der Waals surface area contributed by atoms with Crippen molar-refractivity contribution in [2.24, 2.45) is 5.73 Å². The van der Waals surface area contributed by atoms with E-state index in [9.17, 15) is 9.59 Å². The van der Waals surface area contributed by atoms with Gasteiger partial charge in [-0.3, -0.25) is 15.0 Å². The van der Waals surface area contributed by atoms with E-state index in [2.05, 4.69) is 0 Å². The smallest absolute Gasteiger partial charge is 0.318 e. The zero-order chi connectivity index (χ0) is 11.3. The summed E-state index contributed by atoms with van der Waals surface area (Å²) in [7, 11) is 1.80. The number of thiophene rings is 1. The van der Waals surface area contributed by atoms with Crippen LogP contribution in [0.4, 0.5) is 4.79 Å². The van der Waals surface area contributed by atoms with E-state index in [1.807, 2.05) is 22.1 Å². The lowest BCUT2D eigenvalue weighted by Crippen LogP contribution is -2.40. The molecule has 0 aliphatic heterocycles. The topological polar surface area (TPSA) is 75.4 Å². The van der Waals surface area contributed by atoms with Gasteiger partial charge in [0.15, 0.2) is 0 Å². The number of carbonyl (C=O) groups is 2. The van der Waals surface area contributed by atoms with Crippen molar-refractivity contribution >= 4 is 23.3 Å². The summed E-state index contributed by atoms with van der Waals surface area (Å²) < 4.78 is 0. The average Bonchev–Trinajstić information content (AvgIpc) is 2.53. The van der Waals surface area contributed by atoms with Crippen LogP contribution in [-0.4, -0.2) is 30.4 Å². The fraction of sp³-hybridized carbons (Fsp3) is 0.333. The Morgan fingerprint density at radius 1 is 1.60 bits per heavy atom. The Morgan fingerprint density at radius 3 is 2.87 bits per heavy atom. The van der Waals surface area contributed by atoms with E-state index in [1.165, 1.54) is 0 Å². The second kappa shape index (κ2) is 5.47. The first-order valence-electron chi connectivity index (χ1n) is 4.37. The van der Waals surface area contributed by atoms with Crippen LogP contribution < -0.4 is 11.1 Å². The number of rotatable bonds is 4. The fourth-order valence-electron chi connectivity index (χ4n) is 1.17. The van der Waals surface area contributed by atoms with Crippen molar-refractivity contribution in [3.8, 4) is 0 Å². The SMILES string of the molecule is CN(CC(=O)NC(N)=O)Cc1ccsc1. The quantitative estimate of drug-likeness (QED) is 0.780. The van der Waals surface area contributed by atoms with Crippen molar-refractivity contribution in [1.82, 2.24) is 10.2 Å². The van der Waals surface area contributed by atoms with Crippen LogP contribution >= 0.6 is 11.3 Å². The lowest BCUT2D eigenvalue weighted by Gasteiger charge is -2.14. The number of nitrogens with zero attached hydrogens (tertiary/aromatic N) is 1. The van der Waals surface area contributed by atoms with E-state index in [-0.39, 0.29) is 12.5 Å². The molecule has 82 valence electrons. The number of imide groups is 1. The zero-order valence-electron chi connectivity index (χ0n) is 8.40. The van der Waals surface area contributed by atoms with Gasteiger partial charge in [-0.1, -0.05) is 0 Å². The van der Waals surface area contributed by atoms with Crippen molar-refractivity contribution in [2.75, 3.05) is 13.6 Å². The lowest BCUT2D eigenvalue weighted by atomic mass is 10.3. The lowest BCUT2D eigenvalue weighted by molar-refractivity contribution is -0.120. The van der Waals surface area contributed by atoms with E-state index in [1.54, 1.807) is 23.3 Å². The Morgan fingerprint density at radius 2 is 2.33 bits per heavy atom. The first kappa shape index (κ1) is 11.7. The summed E-state index contributed by atoms with van der Waals surface area (Å²) in [5.74, 6) is -0.389. The van der Waals surface area contributed by atoms with Crippen LogP contribution in [0.3, 0.4) is 0 Å². The third-order valence-corrected chi connectivity index (χ3v) is 2.44. The second-order valence-electron chi connectivity index (χ2n) is 3.22. The van der Waals surface area contributed by atoms with Gasteiger partial charge < -0.3 is 5.73 Å². The third-order valence-electron chi connectivity index (χ3n) is 1.71. The number of hydrogen-bond donors (Lipinski definition) is 2. The highest BCUT2D eigenvalue weighted by Crippen LogP contribution is 2.07. The fourth-order valence-corrected chi connectivity index (χ4v) is 1.83. The van der Waals surface area contributed by atoms with Crippen LogP contribution in [0.25, 0.3) is 0 Å². The van der Waals surface area contributed by atoms with Crippen molar-refractivity contribution in [1.29, 1.82) is 0 Å². The monoisotopic (exact) mass is 227 g/mol. The van der Waals surface area contributed by atoms with Crippen LogP contribution in [0.2, 0.25) is 0 Å². The molecule has 0 fully saturated rings. The van der Waals surface area contributed by atoms with Gasteiger partial charge in [-0.25, -0.2) is 4.79 Å². The van der Waals surface area contributed by atoms with Crippen molar-refractivity contribution in [2.45, 2.75) is 6.54 Å². The highest BCUT2D eigenvalue weighted by molar-refractivity contribution is 7.07. The van der Waals surface area contributed by atoms with Gasteiger partial charge in [-0.05, 0) is 29.4 Å². The molecular formula is C9H13N3O2S. The maximum absolute atomic E-state index is 11.1. The summed E-state index contributed by atoms with van der Waals surface area (Å²) in [4.78, 5) is 23.3. The minimum Gasteiger partial charge on any atom is -0.351 e. The maximum atomic E-state index is 11.1. The van der Waals surface area contributed by atoms with Gasteiger partial charge in [0.1, 0.15) is 0 Å². The molecule has 0 aromatic carbocycles. The molecule has 6 heteroatoms. The van der Waals surface area contributed by atoms with Crippen LogP contribution in [0.15, 0.2) is 16.8 Å². The molecular weight excluding hydrogens is 214 g/mol. The number of amides is 3. The number of urea groups is 1. The Bertz CT molecular complexity index is 337. The van der Waals surface area contributed by atoms with E-state index in [0.29, 0.717) is 6.54 Å². The van der Waals surface area contributed by atoms with E-state index in [4.69, 9.17) is 5.73 Å². The average molecular weight is 227 g/mol. The molecule has 0 unspecified atom stereocenters. The first-order valence-corrected chi connectivity index (χ1v) is 5.31. The number of nitrogens with one attached hydrogen (secondary N) is 1. The molecule has 1 heterocycles. The molecule has 0 atom stereocenters. The number of primary amides is 1. The van der Waals surface area contributed by atoms with Crippen molar-refractivity contribution in [3.05, 3.63) is 22.4 Å². The molecule has 3 N–H and O–H groups in total. The summed E-state index contributed by atoms with van der Waals surface area (Å²) >= 11 is 1.61. The summed E-state index contributed by atoms with van der Waals surface area (Å²) in [6.07, 6.45) is 0. The van der Waals surface area contributed by atoms with E-state index >= 15 is 0 Å². The maximum Gasteiger partial charge on any atom is 0.318 e. The molecule has 0 saturated carbocycles. The number of nitrogens with two attached hydrogens (primary N) is 1. The molecule has 1 aromatic rings. The minimum absolute atomic E-state index is 0.152. The summed E-state index contributed by atoms with van der Waals surface area (Å²) in [6, 6.07) is 1.18. The van der Waals surface area contributed by atoms with Gasteiger partial charge in [0.05, 0.1) is 6.54 Å². The molecule has 3 amide bonds. The van der Waals surface area contributed by atoms with Crippen LogP contribution in [0.1, 0.15) is 5.56 Å². The molecule has 0 spiro atoms. The van der Waals surface area contributed by atoms with E-state index in [0.717, 1.165) is 5.56 Å². The van der Waals surface area contributed by atoms with Crippen LogP contribution in [0.5, 0.6) is 0 Å². The standard InChI is InChI=1S/C9H13N3O2S/c1-12(4-7-2-3-15-6-7)5-8(13)11-9(10)14/h2-3,6H,4-5H2,1H3,(H3,10,11,13,14). The molecule has 0 bridgehead atoms. The van der Waals surface area contributed by atoms with Crippen LogP contribution in [-0.2, 0) is 11.3 Å². The van der Waals surface area contributed by atoms with Crippen molar-refractivity contribution in [3.63, 3.8) is 0 Å². The molecule has 0 radical (unpaired) electrons. The highest BCUT2D eigenvalue weighted by Gasteiger charge is 2.08. The molecule has 0 aliphatic carbocycles. The van der Waals surface area contributed by atoms with Gasteiger partial charge in [0.25, 0.3) is 0 Å².